The first kappa shape index (κ1) is 19.6. The molecule has 0 heterocycles. The van der Waals surface area contributed by atoms with E-state index in [4.69, 9.17) is 0 Å². The molecule has 2 aromatic carbocycles. The van der Waals surface area contributed by atoms with Crippen molar-refractivity contribution in [2.45, 2.75) is 33.2 Å². The van der Waals surface area contributed by atoms with Crippen molar-refractivity contribution >= 4 is 11.8 Å². The zero-order chi connectivity index (χ0) is 18.9. The SMILES string of the molecule is CC(=O)N(CCC(=O)NCCc1ccccc1F)Cc1cccc(C)c1. The molecule has 0 saturated heterocycles. The summed E-state index contributed by atoms with van der Waals surface area (Å²) >= 11 is 0. The van der Waals surface area contributed by atoms with Crippen LogP contribution in [0.15, 0.2) is 48.5 Å². The summed E-state index contributed by atoms with van der Waals surface area (Å²) in [6, 6.07) is 14.5. The molecule has 0 saturated carbocycles. The molecule has 2 amide bonds. The van der Waals surface area contributed by atoms with Crippen LogP contribution in [0.5, 0.6) is 0 Å². The predicted octanol–water partition coefficient (Wildman–Crippen LogP) is 3.23. The molecule has 1 N–H and O–H groups in total. The zero-order valence-corrected chi connectivity index (χ0v) is 15.3. The molecule has 0 aliphatic carbocycles. The summed E-state index contributed by atoms with van der Waals surface area (Å²) in [5.74, 6) is -0.467. The van der Waals surface area contributed by atoms with Crippen molar-refractivity contribution in [2.24, 2.45) is 0 Å². The lowest BCUT2D eigenvalue weighted by atomic mass is 10.1. The first-order valence-corrected chi connectivity index (χ1v) is 8.77. The molecule has 0 atom stereocenters. The van der Waals surface area contributed by atoms with Gasteiger partial charge in [-0.15, -0.1) is 0 Å². The molecule has 0 aliphatic heterocycles. The Kier molecular flexibility index (Phi) is 7.33. The van der Waals surface area contributed by atoms with Gasteiger partial charge in [0.2, 0.25) is 11.8 Å². The molecule has 0 fully saturated rings. The second-order valence-electron chi connectivity index (χ2n) is 6.37. The van der Waals surface area contributed by atoms with Crippen molar-refractivity contribution in [3.8, 4) is 0 Å². The Morgan fingerprint density at radius 1 is 1.12 bits per heavy atom. The third-order valence-electron chi connectivity index (χ3n) is 4.18. The van der Waals surface area contributed by atoms with E-state index in [-0.39, 0.29) is 24.1 Å². The van der Waals surface area contributed by atoms with Gasteiger partial charge in [-0.3, -0.25) is 9.59 Å². The molecule has 4 nitrogen and oxygen atoms in total. The third kappa shape index (κ3) is 6.31. The van der Waals surface area contributed by atoms with E-state index in [1.165, 1.54) is 13.0 Å². The zero-order valence-electron chi connectivity index (χ0n) is 15.3. The quantitative estimate of drug-likeness (QED) is 0.789. The van der Waals surface area contributed by atoms with Crippen LogP contribution in [0.4, 0.5) is 4.39 Å². The number of aryl methyl sites for hydroxylation is 1. The van der Waals surface area contributed by atoms with Gasteiger partial charge in [-0.1, -0.05) is 48.0 Å². The molecule has 26 heavy (non-hydrogen) atoms. The number of benzene rings is 2. The Morgan fingerprint density at radius 3 is 2.58 bits per heavy atom. The number of rotatable bonds is 8. The van der Waals surface area contributed by atoms with Crippen LogP contribution in [-0.4, -0.2) is 29.8 Å². The Balaban J connectivity index is 1.78. The highest BCUT2D eigenvalue weighted by Crippen LogP contribution is 2.09. The molecule has 0 bridgehead atoms. The number of carbonyl (C=O) groups is 2. The third-order valence-corrected chi connectivity index (χ3v) is 4.18. The number of nitrogens with one attached hydrogen (secondary N) is 1. The second-order valence-corrected chi connectivity index (χ2v) is 6.37. The van der Waals surface area contributed by atoms with Gasteiger partial charge in [0.05, 0.1) is 0 Å². The number of halogens is 1. The van der Waals surface area contributed by atoms with Crippen LogP contribution in [0.25, 0.3) is 0 Å². The maximum atomic E-state index is 13.5. The molecule has 5 heteroatoms. The Morgan fingerprint density at radius 2 is 1.88 bits per heavy atom. The molecule has 0 unspecified atom stereocenters. The van der Waals surface area contributed by atoms with Crippen LogP contribution in [0.1, 0.15) is 30.0 Å². The van der Waals surface area contributed by atoms with Gasteiger partial charge in [-0.05, 0) is 30.5 Å². The summed E-state index contributed by atoms with van der Waals surface area (Å²) in [6.07, 6.45) is 0.667. The van der Waals surface area contributed by atoms with E-state index in [9.17, 15) is 14.0 Å². The summed E-state index contributed by atoms with van der Waals surface area (Å²) in [4.78, 5) is 25.5. The molecular formula is C21H25FN2O2. The number of nitrogens with zero attached hydrogens (tertiary/aromatic N) is 1. The molecule has 2 aromatic rings. The minimum Gasteiger partial charge on any atom is -0.356 e. The van der Waals surface area contributed by atoms with Crippen molar-refractivity contribution in [1.29, 1.82) is 0 Å². The lowest BCUT2D eigenvalue weighted by molar-refractivity contribution is -0.130. The van der Waals surface area contributed by atoms with Gasteiger partial charge in [0.15, 0.2) is 0 Å². The first-order valence-electron chi connectivity index (χ1n) is 8.77. The number of amides is 2. The highest BCUT2D eigenvalue weighted by molar-refractivity contribution is 5.78. The Hall–Kier alpha value is -2.69. The largest absolute Gasteiger partial charge is 0.356 e. The lowest BCUT2D eigenvalue weighted by Crippen LogP contribution is -2.34. The van der Waals surface area contributed by atoms with E-state index in [1.54, 1.807) is 23.1 Å². The van der Waals surface area contributed by atoms with E-state index >= 15 is 0 Å². The van der Waals surface area contributed by atoms with Crippen molar-refractivity contribution in [3.05, 3.63) is 71.0 Å². The van der Waals surface area contributed by atoms with Crippen LogP contribution in [0, 0.1) is 12.7 Å². The van der Waals surface area contributed by atoms with E-state index in [0.717, 1.165) is 11.1 Å². The van der Waals surface area contributed by atoms with Crippen LogP contribution >= 0.6 is 0 Å². The summed E-state index contributed by atoms with van der Waals surface area (Å²) in [5.41, 5.74) is 2.76. The van der Waals surface area contributed by atoms with Gasteiger partial charge in [0.1, 0.15) is 5.82 Å². The Bertz CT molecular complexity index is 761. The van der Waals surface area contributed by atoms with Gasteiger partial charge in [-0.2, -0.15) is 0 Å². The van der Waals surface area contributed by atoms with Crippen molar-refractivity contribution in [2.75, 3.05) is 13.1 Å². The minimum atomic E-state index is -0.261. The summed E-state index contributed by atoms with van der Waals surface area (Å²) in [7, 11) is 0. The summed E-state index contributed by atoms with van der Waals surface area (Å²) < 4.78 is 13.5. The fraction of sp³-hybridized carbons (Fsp3) is 0.333. The average Bonchev–Trinajstić information content (AvgIpc) is 2.60. The van der Waals surface area contributed by atoms with Crippen molar-refractivity contribution in [1.82, 2.24) is 10.2 Å². The van der Waals surface area contributed by atoms with Crippen LogP contribution < -0.4 is 5.32 Å². The van der Waals surface area contributed by atoms with E-state index in [0.29, 0.717) is 31.6 Å². The van der Waals surface area contributed by atoms with Crippen molar-refractivity contribution < 1.29 is 14.0 Å². The molecule has 138 valence electrons. The summed E-state index contributed by atoms with van der Waals surface area (Å²) in [6.45, 7) is 4.72. The standard InChI is InChI=1S/C21H25FN2O2/c1-16-6-5-7-18(14-16)15-24(17(2)25)13-11-21(26)23-12-10-19-8-3-4-9-20(19)22/h3-9,14H,10-13,15H2,1-2H3,(H,23,26). The van der Waals surface area contributed by atoms with Crippen LogP contribution in [0.3, 0.4) is 0 Å². The lowest BCUT2D eigenvalue weighted by Gasteiger charge is -2.21. The first-order chi connectivity index (χ1) is 12.5. The average molecular weight is 356 g/mol. The van der Waals surface area contributed by atoms with Gasteiger partial charge < -0.3 is 10.2 Å². The molecule has 0 spiro atoms. The molecule has 0 aliphatic rings. The fourth-order valence-corrected chi connectivity index (χ4v) is 2.74. The number of hydrogen-bond acceptors (Lipinski definition) is 2. The Labute approximate surface area is 154 Å². The van der Waals surface area contributed by atoms with Gasteiger partial charge in [-0.25, -0.2) is 4.39 Å². The van der Waals surface area contributed by atoms with Gasteiger partial charge in [0.25, 0.3) is 0 Å². The maximum Gasteiger partial charge on any atom is 0.221 e. The molecule has 2 rings (SSSR count). The summed E-state index contributed by atoms with van der Waals surface area (Å²) in [5, 5.41) is 2.78. The van der Waals surface area contributed by atoms with Crippen molar-refractivity contribution in [3.63, 3.8) is 0 Å². The normalized spacial score (nSPS) is 10.4. The van der Waals surface area contributed by atoms with Gasteiger partial charge >= 0.3 is 0 Å². The number of hydrogen-bond donors (Lipinski definition) is 1. The molecule has 0 radical (unpaired) electrons. The van der Waals surface area contributed by atoms with Crippen LogP contribution in [-0.2, 0) is 22.6 Å². The minimum absolute atomic E-state index is 0.0642. The highest BCUT2D eigenvalue weighted by Gasteiger charge is 2.12. The smallest absolute Gasteiger partial charge is 0.221 e. The maximum absolute atomic E-state index is 13.5. The monoisotopic (exact) mass is 356 g/mol. The molecular weight excluding hydrogens is 331 g/mol. The van der Waals surface area contributed by atoms with E-state index in [2.05, 4.69) is 5.32 Å². The molecule has 0 aromatic heterocycles. The highest BCUT2D eigenvalue weighted by atomic mass is 19.1. The van der Waals surface area contributed by atoms with E-state index in [1.807, 2.05) is 31.2 Å². The van der Waals surface area contributed by atoms with Gasteiger partial charge in [0, 0.05) is 33.0 Å². The fourth-order valence-electron chi connectivity index (χ4n) is 2.74. The topological polar surface area (TPSA) is 49.4 Å². The predicted molar refractivity (Wildman–Crippen MR) is 100 cm³/mol. The van der Waals surface area contributed by atoms with E-state index < -0.39 is 0 Å². The van der Waals surface area contributed by atoms with Crippen LogP contribution in [0.2, 0.25) is 0 Å². The second kappa shape index (κ2) is 9.70. The number of carbonyl (C=O) groups excluding carboxylic acids is 2.